The topological polar surface area (TPSA) is 66.1 Å². The van der Waals surface area contributed by atoms with Gasteiger partial charge in [-0.05, 0) is 48.9 Å². The van der Waals surface area contributed by atoms with E-state index in [0.29, 0.717) is 11.6 Å². The van der Waals surface area contributed by atoms with Gasteiger partial charge in [-0.1, -0.05) is 23.7 Å². The van der Waals surface area contributed by atoms with Crippen LogP contribution in [0.15, 0.2) is 48.5 Å². The smallest absolute Gasteiger partial charge is 0.315 e. The molecular weight excluding hydrogens is 338 g/mol. The standard InChI is InChI=1S/C19H20ClN3O2/c1-12(13-3-5-15(20)6-4-13)22-19(24)21-11-16-9-14-10-17(25-2)7-8-18(14)23-16/h3-10,12,23H,11H2,1-2H3,(H2,21,22,24)/t12-/m0/s1. The average Bonchev–Trinajstić information content (AvgIpc) is 3.02. The number of amides is 2. The average molecular weight is 358 g/mol. The zero-order chi connectivity index (χ0) is 17.8. The van der Waals surface area contributed by atoms with Gasteiger partial charge in [-0.25, -0.2) is 4.79 Å². The molecule has 0 fully saturated rings. The second-order valence-electron chi connectivity index (χ2n) is 5.85. The molecule has 3 aromatic rings. The number of aromatic nitrogens is 1. The van der Waals surface area contributed by atoms with Gasteiger partial charge in [-0.3, -0.25) is 0 Å². The van der Waals surface area contributed by atoms with Gasteiger partial charge in [0.05, 0.1) is 19.7 Å². The Morgan fingerprint density at radius 3 is 2.68 bits per heavy atom. The summed E-state index contributed by atoms with van der Waals surface area (Å²) in [6.07, 6.45) is 0. The molecule has 130 valence electrons. The van der Waals surface area contributed by atoms with E-state index in [0.717, 1.165) is 27.9 Å². The van der Waals surface area contributed by atoms with Crippen molar-refractivity contribution in [2.24, 2.45) is 0 Å². The highest BCUT2D eigenvalue weighted by Gasteiger charge is 2.10. The van der Waals surface area contributed by atoms with Crippen LogP contribution in [0, 0.1) is 0 Å². The number of nitrogens with one attached hydrogen (secondary N) is 3. The summed E-state index contributed by atoms with van der Waals surface area (Å²) in [5.41, 5.74) is 2.93. The third-order valence-corrected chi connectivity index (χ3v) is 4.29. The lowest BCUT2D eigenvalue weighted by molar-refractivity contribution is 0.237. The largest absolute Gasteiger partial charge is 0.497 e. The van der Waals surface area contributed by atoms with Gasteiger partial charge in [0, 0.05) is 21.6 Å². The van der Waals surface area contributed by atoms with Crippen LogP contribution < -0.4 is 15.4 Å². The lowest BCUT2D eigenvalue weighted by Crippen LogP contribution is -2.36. The van der Waals surface area contributed by atoms with Crippen LogP contribution in [0.1, 0.15) is 24.2 Å². The summed E-state index contributed by atoms with van der Waals surface area (Å²) in [5, 5.41) is 7.50. The number of benzene rings is 2. The zero-order valence-corrected chi connectivity index (χ0v) is 14.9. The van der Waals surface area contributed by atoms with Crippen molar-refractivity contribution < 1.29 is 9.53 Å². The SMILES string of the molecule is COc1ccc2[nH]c(CNC(=O)N[C@@H](C)c3ccc(Cl)cc3)cc2c1. The summed E-state index contributed by atoms with van der Waals surface area (Å²) in [4.78, 5) is 15.4. The Kier molecular flexibility index (Phi) is 5.14. The normalized spacial score (nSPS) is 12.0. The molecule has 0 aliphatic heterocycles. The van der Waals surface area contributed by atoms with Crippen LogP contribution in [-0.4, -0.2) is 18.1 Å². The number of aromatic amines is 1. The summed E-state index contributed by atoms with van der Waals surface area (Å²) in [5.74, 6) is 0.806. The number of ether oxygens (including phenoxy) is 1. The molecule has 1 aromatic heterocycles. The Labute approximate surface area is 151 Å². The minimum absolute atomic E-state index is 0.107. The van der Waals surface area contributed by atoms with E-state index in [1.165, 1.54) is 0 Å². The molecule has 2 aromatic carbocycles. The minimum atomic E-state index is -0.223. The number of carbonyl (C=O) groups excluding carboxylic acids is 1. The van der Waals surface area contributed by atoms with Gasteiger partial charge in [0.1, 0.15) is 5.75 Å². The van der Waals surface area contributed by atoms with Crippen LogP contribution in [0.25, 0.3) is 10.9 Å². The Morgan fingerprint density at radius 2 is 1.96 bits per heavy atom. The maximum Gasteiger partial charge on any atom is 0.315 e. The highest BCUT2D eigenvalue weighted by atomic mass is 35.5. The van der Waals surface area contributed by atoms with Crippen molar-refractivity contribution in [1.82, 2.24) is 15.6 Å². The second-order valence-corrected chi connectivity index (χ2v) is 6.28. The summed E-state index contributed by atoms with van der Waals surface area (Å²) < 4.78 is 5.22. The summed E-state index contributed by atoms with van der Waals surface area (Å²) >= 11 is 5.88. The van der Waals surface area contributed by atoms with Crippen LogP contribution in [-0.2, 0) is 6.54 Å². The van der Waals surface area contributed by atoms with Crippen LogP contribution in [0.3, 0.4) is 0 Å². The molecular formula is C19H20ClN3O2. The van der Waals surface area contributed by atoms with Gasteiger partial charge in [0.15, 0.2) is 0 Å². The first kappa shape index (κ1) is 17.2. The predicted octanol–water partition coefficient (Wildman–Crippen LogP) is 4.39. The van der Waals surface area contributed by atoms with Crippen LogP contribution in [0.4, 0.5) is 4.79 Å². The van der Waals surface area contributed by atoms with Crippen molar-refractivity contribution in [2.45, 2.75) is 19.5 Å². The minimum Gasteiger partial charge on any atom is -0.497 e. The van der Waals surface area contributed by atoms with Crippen LogP contribution in [0.2, 0.25) is 5.02 Å². The number of halogens is 1. The Bertz CT molecular complexity index is 874. The number of H-pyrrole nitrogens is 1. The van der Waals surface area contributed by atoms with Crippen molar-refractivity contribution >= 4 is 28.5 Å². The molecule has 25 heavy (non-hydrogen) atoms. The van der Waals surface area contributed by atoms with Gasteiger partial charge in [-0.2, -0.15) is 0 Å². The van der Waals surface area contributed by atoms with Gasteiger partial charge < -0.3 is 20.4 Å². The number of rotatable bonds is 5. The maximum atomic E-state index is 12.1. The molecule has 0 aliphatic rings. The van der Waals surface area contributed by atoms with E-state index in [-0.39, 0.29) is 12.1 Å². The van der Waals surface area contributed by atoms with E-state index in [1.807, 2.05) is 55.5 Å². The second kappa shape index (κ2) is 7.49. The van der Waals surface area contributed by atoms with E-state index in [9.17, 15) is 4.79 Å². The van der Waals surface area contributed by atoms with Crippen molar-refractivity contribution in [1.29, 1.82) is 0 Å². The van der Waals surface area contributed by atoms with E-state index in [4.69, 9.17) is 16.3 Å². The summed E-state index contributed by atoms with van der Waals surface area (Å²) in [6.45, 7) is 2.34. The number of urea groups is 1. The number of hydrogen-bond donors (Lipinski definition) is 3. The first-order chi connectivity index (χ1) is 12.0. The molecule has 1 atom stereocenters. The number of fused-ring (bicyclic) bond motifs is 1. The molecule has 5 nitrogen and oxygen atoms in total. The molecule has 6 heteroatoms. The number of methoxy groups -OCH3 is 1. The van der Waals surface area contributed by atoms with E-state index >= 15 is 0 Å². The fourth-order valence-corrected chi connectivity index (χ4v) is 2.78. The van der Waals surface area contributed by atoms with E-state index in [1.54, 1.807) is 7.11 Å². The third-order valence-electron chi connectivity index (χ3n) is 4.04. The highest BCUT2D eigenvalue weighted by molar-refractivity contribution is 6.30. The van der Waals surface area contributed by atoms with Crippen molar-refractivity contribution in [3.8, 4) is 5.75 Å². The van der Waals surface area contributed by atoms with Gasteiger partial charge in [-0.15, -0.1) is 0 Å². The number of hydrogen-bond acceptors (Lipinski definition) is 2. The van der Waals surface area contributed by atoms with Crippen molar-refractivity contribution in [2.75, 3.05) is 7.11 Å². The fourth-order valence-electron chi connectivity index (χ4n) is 2.65. The summed E-state index contributed by atoms with van der Waals surface area (Å²) in [6, 6.07) is 14.9. The molecule has 0 saturated carbocycles. The lowest BCUT2D eigenvalue weighted by atomic mass is 10.1. The third kappa shape index (κ3) is 4.25. The van der Waals surface area contributed by atoms with Crippen LogP contribution in [0.5, 0.6) is 5.75 Å². The maximum absolute atomic E-state index is 12.1. The molecule has 2 amide bonds. The van der Waals surface area contributed by atoms with Gasteiger partial charge in [0.2, 0.25) is 0 Å². The zero-order valence-electron chi connectivity index (χ0n) is 14.1. The van der Waals surface area contributed by atoms with E-state index < -0.39 is 0 Å². The van der Waals surface area contributed by atoms with Crippen molar-refractivity contribution in [3.05, 3.63) is 64.8 Å². The Hall–Kier alpha value is -2.66. The molecule has 3 N–H and O–H groups in total. The molecule has 0 unspecified atom stereocenters. The predicted molar refractivity (Wildman–Crippen MR) is 100 cm³/mol. The van der Waals surface area contributed by atoms with Gasteiger partial charge >= 0.3 is 6.03 Å². The Morgan fingerprint density at radius 1 is 1.20 bits per heavy atom. The lowest BCUT2D eigenvalue weighted by Gasteiger charge is -2.15. The van der Waals surface area contributed by atoms with E-state index in [2.05, 4.69) is 15.6 Å². The molecule has 0 aliphatic carbocycles. The molecule has 0 bridgehead atoms. The Balaban J connectivity index is 1.57. The first-order valence-corrected chi connectivity index (χ1v) is 8.38. The molecule has 3 rings (SSSR count). The molecule has 0 radical (unpaired) electrons. The fraction of sp³-hybridized carbons (Fsp3) is 0.211. The monoisotopic (exact) mass is 357 g/mol. The quantitative estimate of drug-likeness (QED) is 0.634. The summed E-state index contributed by atoms with van der Waals surface area (Å²) in [7, 11) is 1.64. The van der Waals surface area contributed by atoms with Gasteiger partial charge in [0.25, 0.3) is 0 Å². The first-order valence-electron chi connectivity index (χ1n) is 8.00. The van der Waals surface area contributed by atoms with Crippen molar-refractivity contribution in [3.63, 3.8) is 0 Å². The molecule has 0 saturated heterocycles. The molecule has 1 heterocycles. The highest BCUT2D eigenvalue weighted by Crippen LogP contribution is 2.21. The molecule has 0 spiro atoms. The van der Waals surface area contributed by atoms with Crippen LogP contribution >= 0.6 is 11.6 Å². The number of carbonyl (C=O) groups is 1.